The van der Waals surface area contributed by atoms with Gasteiger partial charge in [0, 0.05) is 0 Å². The van der Waals surface area contributed by atoms with E-state index >= 15 is 0 Å². The number of para-hydroxylation sites is 1. The highest BCUT2D eigenvalue weighted by Crippen LogP contribution is 2.20. The molecule has 0 radical (unpaired) electrons. The minimum atomic E-state index is 0.0240. The van der Waals surface area contributed by atoms with Gasteiger partial charge in [0.1, 0.15) is 5.75 Å². The number of ether oxygens (including phenoxy) is 1. The molecule has 1 aromatic carbocycles. The minimum absolute atomic E-state index is 0.0240. The molecule has 2 nitrogen and oxygen atoms in total. The molecule has 0 atom stereocenters. The average molecular weight is 217 g/mol. The molecule has 0 saturated carbocycles. The predicted octanol–water partition coefficient (Wildman–Crippen LogP) is 3.15. The first-order valence-electron chi connectivity index (χ1n) is 3.46. The van der Waals surface area contributed by atoms with Gasteiger partial charge in [-0.25, -0.2) is 0 Å². The Hall–Kier alpha value is -0.990. The molecule has 0 heterocycles. The van der Waals surface area contributed by atoms with E-state index in [1.54, 1.807) is 24.3 Å². The van der Waals surface area contributed by atoms with Crippen LogP contribution in [0.3, 0.4) is 0 Å². The quantitative estimate of drug-likeness (QED) is 0.574. The van der Waals surface area contributed by atoms with Gasteiger partial charge >= 0.3 is 0 Å². The second-order valence-electron chi connectivity index (χ2n) is 2.17. The van der Waals surface area contributed by atoms with Crippen molar-refractivity contribution in [1.82, 2.24) is 0 Å². The highest BCUT2D eigenvalue weighted by molar-refractivity contribution is 6.35. The maximum Gasteiger partial charge on any atom is 0.205 e. The van der Waals surface area contributed by atoms with E-state index in [-0.39, 0.29) is 5.22 Å². The molecule has 0 aromatic heterocycles. The molecule has 68 valence electrons. The Labute approximate surface area is 85.7 Å². The first-order valence-corrected chi connectivity index (χ1v) is 4.27. The molecule has 0 aliphatic heterocycles. The Morgan fingerprint density at radius 1 is 1.38 bits per heavy atom. The molecular formula is C9H6Cl2O2. The standard InChI is InChI=1S/C9H6Cl2O2/c10-5-9(11)13-8-4-2-1-3-7(8)6-12/h1-6H/b9-5-. The third-order valence-electron chi connectivity index (χ3n) is 1.34. The second-order valence-corrected chi connectivity index (χ2v) is 2.76. The van der Waals surface area contributed by atoms with Gasteiger partial charge in [0.25, 0.3) is 0 Å². The Bertz CT molecular complexity index is 334. The summed E-state index contributed by atoms with van der Waals surface area (Å²) in [6, 6.07) is 6.73. The van der Waals surface area contributed by atoms with Crippen molar-refractivity contribution >= 4 is 29.5 Å². The van der Waals surface area contributed by atoms with Gasteiger partial charge < -0.3 is 4.74 Å². The van der Waals surface area contributed by atoms with Gasteiger partial charge in [-0.3, -0.25) is 4.79 Å². The van der Waals surface area contributed by atoms with Crippen LogP contribution in [0.5, 0.6) is 5.75 Å². The second kappa shape index (κ2) is 4.90. The summed E-state index contributed by atoms with van der Waals surface area (Å²) < 4.78 is 5.05. The predicted molar refractivity (Wildman–Crippen MR) is 52.2 cm³/mol. The topological polar surface area (TPSA) is 26.3 Å². The van der Waals surface area contributed by atoms with Gasteiger partial charge in [0.2, 0.25) is 5.22 Å². The number of rotatable bonds is 3. The molecule has 0 spiro atoms. The number of carbonyl (C=O) groups excluding carboxylic acids is 1. The Kier molecular flexibility index (Phi) is 3.80. The van der Waals surface area contributed by atoms with Crippen molar-refractivity contribution in [3.63, 3.8) is 0 Å². The number of aldehydes is 1. The summed E-state index contributed by atoms with van der Waals surface area (Å²) in [4.78, 5) is 10.5. The van der Waals surface area contributed by atoms with Gasteiger partial charge in [0.05, 0.1) is 11.1 Å². The first-order chi connectivity index (χ1) is 6.27. The van der Waals surface area contributed by atoms with Crippen molar-refractivity contribution in [3.05, 3.63) is 40.6 Å². The minimum Gasteiger partial charge on any atom is -0.444 e. The molecule has 0 saturated heterocycles. The van der Waals surface area contributed by atoms with Gasteiger partial charge in [-0.15, -0.1) is 0 Å². The highest BCUT2D eigenvalue weighted by atomic mass is 35.5. The summed E-state index contributed by atoms with van der Waals surface area (Å²) >= 11 is 10.8. The van der Waals surface area contributed by atoms with Crippen molar-refractivity contribution < 1.29 is 9.53 Å². The summed E-state index contributed by atoms with van der Waals surface area (Å²) in [5, 5.41) is 0.0240. The van der Waals surface area contributed by atoms with Crippen LogP contribution in [0.25, 0.3) is 0 Å². The summed E-state index contributed by atoms with van der Waals surface area (Å²) in [6.45, 7) is 0. The molecule has 1 rings (SSSR count). The summed E-state index contributed by atoms with van der Waals surface area (Å²) in [6.07, 6.45) is 0.688. The zero-order chi connectivity index (χ0) is 9.68. The molecule has 13 heavy (non-hydrogen) atoms. The lowest BCUT2D eigenvalue weighted by Crippen LogP contribution is -1.91. The van der Waals surface area contributed by atoms with Gasteiger partial charge in [-0.1, -0.05) is 23.7 Å². The van der Waals surface area contributed by atoms with Crippen LogP contribution in [0.2, 0.25) is 0 Å². The molecule has 0 aliphatic rings. The molecule has 0 amide bonds. The molecule has 1 aromatic rings. The van der Waals surface area contributed by atoms with E-state index in [2.05, 4.69) is 0 Å². The number of hydrogen-bond acceptors (Lipinski definition) is 2. The van der Waals surface area contributed by atoms with Crippen LogP contribution in [0, 0.1) is 0 Å². The van der Waals surface area contributed by atoms with E-state index in [1.165, 1.54) is 0 Å². The Balaban J connectivity index is 2.93. The smallest absolute Gasteiger partial charge is 0.205 e. The number of hydrogen-bond donors (Lipinski definition) is 0. The monoisotopic (exact) mass is 216 g/mol. The van der Waals surface area contributed by atoms with Gasteiger partial charge in [-0.05, 0) is 23.7 Å². The Morgan fingerprint density at radius 3 is 2.69 bits per heavy atom. The van der Waals surface area contributed by atoms with Crippen molar-refractivity contribution in [1.29, 1.82) is 0 Å². The zero-order valence-corrected chi connectivity index (χ0v) is 8.05. The van der Waals surface area contributed by atoms with Crippen molar-refractivity contribution in [2.24, 2.45) is 0 Å². The number of halogens is 2. The lowest BCUT2D eigenvalue weighted by atomic mass is 10.2. The van der Waals surface area contributed by atoms with Crippen molar-refractivity contribution in [2.45, 2.75) is 0 Å². The third kappa shape index (κ3) is 2.76. The first kappa shape index (κ1) is 10.1. The van der Waals surface area contributed by atoms with E-state index in [9.17, 15) is 4.79 Å². The van der Waals surface area contributed by atoms with E-state index in [0.29, 0.717) is 17.6 Å². The highest BCUT2D eigenvalue weighted by Gasteiger charge is 2.02. The number of benzene rings is 1. The van der Waals surface area contributed by atoms with E-state index in [0.717, 1.165) is 5.54 Å². The van der Waals surface area contributed by atoms with E-state index in [1.807, 2.05) is 0 Å². The van der Waals surface area contributed by atoms with E-state index < -0.39 is 0 Å². The summed E-state index contributed by atoms with van der Waals surface area (Å²) in [7, 11) is 0. The van der Waals surface area contributed by atoms with Crippen molar-refractivity contribution in [2.75, 3.05) is 0 Å². The molecule has 0 aliphatic carbocycles. The fourth-order valence-electron chi connectivity index (χ4n) is 0.798. The molecule has 0 unspecified atom stereocenters. The Morgan fingerprint density at radius 2 is 2.08 bits per heavy atom. The summed E-state index contributed by atoms with van der Waals surface area (Å²) in [5.41, 5.74) is 1.52. The average Bonchev–Trinajstić information content (AvgIpc) is 2.18. The molecule has 4 heteroatoms. The van der Waals surface area contributed by atoms with Gasteiger partial charge in [0.15, 0.2) is 6.29 Å². The van der Waals surface area contributed by atoms with E-state index in [4.69, 9.17) is 27.9 Å². The SMILES string of the molecule is O=Cc1ccccc1O/C(Cl)=C\Cl. The number of carbonyl (C=O) groups is 1. The molecule has 0 bridgehead atoms. The fraction of sp³-hybridized carbons (Fsp3) is 0. The van der Waals surface area contributed by atoms with Crippen LogP contribution in [-0.4, -0.2) is 6.29 Å². The fourth-order valence-corrected chi connectivity index (χ4v) is 0.926. The maximum atomic E-state index is 10.5. The lowest BCUT2D eigenvalue weighted by molar-refractivity contribution is 0.112. The van der Waals surface area contributed by atoms with Gasteiger partial charge in [-0.2, -0.15) is 0 Å². The van der Waals surface area contributed by atoms with Crippen LogP contribution in [0.15, 0.2) is 35.0 Å². The normalized spacial score (nSPS) is 11.1. The summed E-state index contributed by atoms with van der Waals surface area (Å²) in [5.74, 6) is 0.388. The molecule has 0 N–H and O–H groups in total. The van der Waals surface area contributed by atoms with Crippen LogP contribution < -0.4 is 4.74 Å². The molecular weight excluding hydrogens is 211 g/mol. The third-order valence-corrected chi connectivity index (χ3v) is 1.84. The largest absolute Gasteiger partial charge is 0.444 e. The van der Waals surface area contributed by atoms with Crippen molar-refractivity contribution in [3.8, 4) is 5.75 Å². The molecule has 0 fully saturated rings. The maximum absolute atomic E-state index is 10.5. The van der Waals surface area contributed by atoms with Crippen LogP contribution >= 0.6 is 23.2 Å². The lowest BCUT2D eigenvalue weighted by Gasteiger charge is -2.04. The van der Waals surface area contributed by atoms with Crippen LogP contribution in [-0.2, 0) is 0 Å². The van der Waals surface area contributed by atoms with Crippen LogP contribution in [0.1, 0.15) is 10.4 Å². The zero-order valence-electron chi connectivity index (χ0n) is 6.54. The van der Waals surface area contributed by atoms with Crippen LogP contribution in [0.4, 0.5) is 0 Å².